The van der Waals surface area contributed by atoms with E-state index in [1.165, 1.54) is 0 Å². The van der Waals surface area contributed by atoms with Crippen LogP contribution in [-0.2, 0) is 11.2 Å². The summed E-state index contributed by atoms with van der Waals surface area (Å²) in [7, 11) is 0. The Morgan fingerprint density at radius 2 is 2.09 bits per heavy atom. The number of fused-ring (bicyclic) bond motifs is 2. The number of H-pyrrole nitrogens is 1. The zero-order valence-corrected chi connectivity index (χ0v) is 13.5. The smallest absolute Gasteiger partial charge is 0.231 e. The van der Waals surface area contributed by atoms with E-state index in [1.807, 2.05) is 36.4 Å². The monoisotopic (exact) mass is 373 g/mol. The van der Waals surface area contributed by atoms with E-state index in [4.69, 9.17) is 9.47 Å². The minimum Gasteiger partial charge on any atom is -0.454 e. The number of hydrogen-bond acceptors (Lipinski definition) is 4. The Bertz CT molecular complexity index is 907. The quantitative estimate of drug-likeness (QED) is 0.738. The molecule has 116 valence electrons. The van der Waals surface area contributed by atoms with Gasteiger partial charge in [-0.1, -0.05) is 22.0 Å². The second kappa shape index (κ2) is 5.58. The van der Waals surface area contributed by atoms with E-state index in [0.717, 1.165) is 20.9 Å². The Hall–Kier alpha value is -2.54. The molecule has 0 aliphatic carbocycles. The van der Waals surface area contributed by atoms with Crippen molar-refractivity contribution in [1.82, 2.24) is 10.2 Å². The van der Waals surface area contributed by atoms with Gasteiger partial charge in [0.05, 0.1) is 11.9 Å². The summed E-state index contributed by atoms with van der Waals surface area (Å²) >= 11 is 3.40. The molecule has 1 amide bonds. The Morgan fingerprint density at radius 1 is 1.22 bits per heavy atom. The first-order valence-electron chi connectivity index (χ1n) is 7.01. The van der Waals surface area contributed by atoms with Gasteiger partial charge in [-0.15, -0.1) is 0 Å². The maximum absolute atomic E-state index is 12.2. The Morgan fingerprint density at radius 3 is 3.00 bits per heavy atom. The van der Waals surface area contributed by atoms with E-state index in [-0.39, 0.29) is 19.1 Å². The number of halogens is 1. The average Bonchev–Trinajstić information content (AvgIpc) is 3.13. The number of ether oxygens (including phenoxy) is 2. The molecule has 0 unspecified atom stereocenters. The van der Waals surface area contributed by atoms with Crippen molar-refractivity contribution < 1.29 is 14.3 Å². The lowest BCUT2D eigenvalue weighted by Crippen LogP contribution is -2.14. The van der Waals surface area contributed by atoms with Crippen LogP contribution in [0.2, 0.25) is 0 Å². The van der Waals surface area contributed by atoms with Gasteiger partial charge in [0.15, 0.2) is 17.3 Å². The molecule has 7 heteroatoms. The number of amides is 1. The van der Waals surface area contributed by atoms with Gasteiger partial charge in [-0.3, -0.25) is 9.89 Å². The molecule has 1 aromatic heterocycles. The van der Waals surface area contributed by atoms with Crippen LogP contribution in [0, 0.1) is 0 Å². The van der Waals surface area contributed by atoms with Crippen molar-refractivity contribution in [2.24, 2.45) is 0 Å². The van der Waals surface area contributed by atoms with E-state index in [2.05, 4.69) is 31.4 Å². The summed E-state index contributed by atoms with van der Waals surface area (Å²) in [5.41, 5.74) is 1.71. The molecule has 1 aliphatic rings. The molecular formula is C16H12BrN3O3. The van der Waals surface area contributed by atoms with Gasteiger partial charge < -0.3 is 14.8 Å². The summed E-state index contributed by atoms with van der Waals surface area (Å²) in [4.78, 5) is 12.2. The molecule has 0 saturated carbocycles. The van der Waals surface area contributed by atoms with Gasteiger partial charge in [0, 0.05) is 9.86 Å². The first-order chi connectivity index (χ1) is 11.2. The van der Waals surface area contributed by atoms with Gasteiger partial charge in [-0.05, 0) is 35.9 Å². The van der Waals surface area contributed by atoms with Crippen molar-refractivity contribution >= 4 is 38.6 Å². The first kappa shape index (κ1) is 14.1. The maximum Gasteiger partial charge on any atom is 0.231 e. The molecule has 0 atom stereocenters. The highest BCUT2D eigenvalue weighted by molar-refractivity contribution is 9.10. The molecule has 0 saturated heterocycles. The molecular weight excluding hydrogens is 362 g/mol. The number of nitrogens with zero attached hydrogens (tertiary/aromatic N) is 1. The van der Waals surface area contributed by atoms with E-state index in [1.54, 1.807) is 0 Å². The Labute approximate surface area is 139 Å². The zero-order chi connectivity index (χ0) is 15.8. The standard InChI is InChI=1S/C16H12BrN3O3/c17-10-2-3-11-12(7-10)19-20-16(11)18-15(21)6-9-1-4-13-14(5-9)23-8-22-13/h1-5,7H,6,8H2,(H2,18,19,20,21). The second-order valence-corrected chi connectivity index (χ2v) is 6.09. The van der Waals surface area contributed by atoms with Crippen molar-refractivity contribution in [3.05, 3.63) is 46.4 Å². The molecule has 6 nitrogen and oxygen atoms in total. The number of rotatable bonds is 3. The third kappa shape index (κ3) is 2.75. The van der Waals surface area contributed by atoms with E-state index in [9.17, 15) is 4.79 Å². The molecule has 1 aliphatic heterocycles. The number of anilines is 1. The molecule has 0 fully saturated rings. The average molecular weight is 374 g/mol. The van der Waals surface area contributed by atoms with E-state index in [0.29, 0.717) is 17.3 Å². The van der Waals surface area contributed by atoms with Crippen LogP contribution in [0.5, 0.6) is 11.5 Å². The molecule has 23 heavy (non-hydrogen) atoms. The van der Waals surface area contributed by atoms with E-state index >= 15 is 0 Å². The number of benzene rings is 2. The topological polar surface area (TPSA) is 76.2 Å². The van der Waals surface area contributed by atoms with Gasteiger partial charge in [-0.25, -0.2) is 0 Å². The predicted molar refractivity (Wildman–Crippen MR) is 88.7 cm³/mol. The number of carbonyl (C=O) groups excluding carboxylic acids is 1. The van der Waals surface area contributed by atoms with E-state index < -0.39 is 0 Å². The highest BCUT2D eigenvalue weighted by Gasteiger charge is 2.15. The third-order valence-corrected chi connectivity index (χ3v) is 4.08. The van der Waals surface area contributed by atoms with Gasteiger partial charge in [-0.2, -0.15) is 5.10 Å². The summed E-state index contributed by atoms with van der Waals surface area (Å²) in [6.07, 6.45) is 0.238. The number of nitrogens with one attached hydrogen (secondary N) is 2. The van der Waals surface area contributed by atoms with Crippen molar-refractivity contribution in [1.29, 1.82) is 0 Å². The summed E-state index contributed by atoms with van der Waals surface area (Å²) in [6, 6.07) is 11.2. The second-order valence-electron chi connectivity index (χ2n) is 5.17. The van der Waals surface area contributed by atoms with Crippen molar-refractivity contribution in [3.63, 3.8) is 0 Å². The fraction of sp³-hybridized carbons (Fsp3) is 0.125. The van der Waals surface area contributed by atoms with Crippen LogP contribution in [0.15, 0.2) is 40.9 Å². The fourth-order valence-corrected chi connectivity index (χ4v) is 2.86. The normalized spacial score (nSPS) is 12.6. The lowest BCUT2D eigenvalue weighted by molar-refractivity contribution is -0.115. The lowest BCUT2D eigenvalue weighted by Gasteiger charge is -2.04. The Balaban J connectivity index is 1.51. The van der Waals surface area contributed by atoms with Crippen molar-refractivity contribution in [2.45, 2.75) is 6.42 Å². The molecule has 2 heterocycles. The molecule has 0 bridgehead atoms. The van der Waals surface area contributed by atoms with Crippen LogP contribution in [-0.4, -0.2) is 22.9 Å². The summed E-state index contributed by atoms with van der Waals surface area (Å²) in [6.45, 7) is 0.222. The van der Waals surface area contributed by atoms with Crippen molar-refractivity contribution in [2.75, 3.05) is 12.1 Å². The number of aromatic nitrogens is 2. The van der Waals surface area contributed by atoms with Crippen LogP contribution in [0.3, 0.4) is 0 Å². The summed E-state index contributed by atoms with van der Waals surface area (Å²) in [5.74, 6) is 1.77. The van der Waals surface area contributed by atoms with Crippen molar-refractivity contribution in [3.8, 4) is 11.5 Å². The van der Waals surface area contributed by atoms with Gasteiger partial charge in [0.2, 0.25) is 12.7 Å². The van der Waals surface area contributed by atoms with Crippen LogP contribution >= 0.6 is 15.9 Å². The molecule has 0 spiro atoms. The van der Waals surface area contributed by atoms with Gasteiger partial charge in [0.1, 0.15) is 0 Å². The highest BCUT2D eigenvalue weighted by Crippen LogP contribution is 2.32. The lowest BCUT2D eigenvalue weighted by atomic mass is 10.1. The van der Waals surface area contributed by atoms with Crippen LogP contribution < -0.4 is 14.8 Å². The largest absolute Gasteiger partial charge is 0.454 e. The summed E-state index contributed by atoms with van der Waals surface area (Å²) < 4.78 is 11.5. The minimum atomic E-state index is -0.139. The molecule has 4 rings (SSSR count). The molecule has 2 aromatic carbocycles. The van der Waals surface area contributed by atoms with Gasteiger partial charge in [0.25, 0.3) is 0 Å². The van der Waals surface area contributed by atoms with Crippen LogP contribution in [0.25, 0.3) is 10.9 Å². The highest BCUT2D eigenvalue weighted by atomic mass is 79.9. The Kier molecular flexibility index (Phi) is 3.42. The zero-order valence-electron chi connectivity index (χ0n) is 11.9. The third-order valence-electron chi connectivity index (χ3n) is 3.58. The SMILES string of the molecule is O=C(Cc1ccc2c(c1)OCO2)Nc1n[nH]c2cc(Br)ccc12. The molecule has 0 radical (unpaired) electrons. The molecule has 2 N–H and O–H groups in total. The molecule has 3 aromatic rings. The number of aromatic amines is 1. The predicted octanol–water partition coefficient (Wildman–Crippen LogP) is 3.24. The van der Waals surface area contributed by atoms with Crippen LogP contribution in [0.1, 0.15) is 5.56 Å². The minimum absolute atomic E-state index is 0.139. The van der Waals surface area contributed by atoms with Gasteiger partial charge >= 0.3 is 0 Å². The summed E-state index contributed by atoms with van der Waals surface area (Å²) in [5, 5.41) is 10.8. The fourth-order valence-electron chi connectivity index (χ4n) is 2.50. The number of carbonyl (C=O) groups is 1. The first-order valence-corrected chi connectivity index (χ1v) is 7.80. The maximum atomic E-state index is 12.2. The van der Waals surface area contributed by atoms with Crippen LogP contribution in [0.4, 0.5) is 5.82 Å². The number of hydrogen-bond donors (Lipinski definition) is 2.